The predicted octanol–water partition coefficient (Wildman–Crippen LogP) is 1.51. The van der Waals surface area contributed by atoms with Crippen LogP contribution in [-0.4, -0.2) is 0 Å². The Hall–Kier alpha value is -1.22. The Kier molecular flexibility index (Phi) is 5.84. The molecule has 0 bridgehead atoms. The zero-order chi connectivity index (χ0) is 11.2. The zero-order valence-corrected chi connectivity index (χ0v) is 10.3. The summed E-state index contributed by atoms with van der Waals surface area (Å²) in [5, 5.41) is 0. The van der Waals surface area contributed by atoms with Crippen molar-refractivity contribution in [3.05, 3.63) is 84.4 Å². The minimum absolute atomic E-state index is 0. The second-order valence-corrected chi connectivity index (χ2v) is 3.90. The maximum Gasteiger partial charge on any atom is 1.00 e. The third-order valence-corrected chi connectivity index (χ3v) is 2.81. The molecule has 0 aliphatic heterocycles. The number of rotatable bonds is 4. The summed E-state index contributed by atoms with van der Waals surface area (Å²) in [6.07, 6.45) is 2.97. The molecule has 0 amide bonds. The normalized spacial score (nSPS) is 9.71. The van der Waals surface area contributed by atoms with Gasteiger partial charge in [-0.15, -0.1) is 6.58 Å². The van der Waals surface area contributed by atoms with Crippen LogP contribution in [0, 0.1) is 0 Å². The molecule has 0 aromatic heterocycles. The smallest absolute Gasteiger partial charge is 1.00 e. The van der Waals surface area contributed by atoms with Gasteiger partial charge in [0.25, 0.3) is 0 Å². The van der Waals surface area contributed by atoms with Crippen LogP contribution in [0.1, 0.15) is 24.9 Å². The molecule has 0 N–H and O–H groups in total. The molecule has 0 radical (unpaired) electrons. The van der Waals surface area contributed by atoms with E-state index in [1.165, 1.54) is 11.1 Å². The number of hydrogen-bond donors (Lipinski definition) is 0. The molecule has 0 aliphatic rings. The van der Waals surface area contributed by atoms with Crippen molar-refractivity contribution in [1.82, 2.24) is 0 Å². The Morgan fingerprint density at radius 2 is 1.29 bits per heavy atom. The van der Waals surface area contributed by atoms with Gasteiger partial charge in [0, 0.05) is 5.92 Å². The standard InChI is InChI=1S/C16H16.Li.H/c1-2-9-16(14-10-5-3-6-11-14)15-12-7-4-8-13-15;;/h2-8,10-13,16H,1,9H2;;/q;+1;-1. The fourth-order valence-electron chi connectivity index (χ4n) is 2.00. The van der Waals surface area contributed by atoms with Crippen molar-refractivity contribution in [2.75, 3.05) is 0 Å². The molecular weight excluding hydrogens is 199 g/mol. The van der Waals surface area contributed by atoms with Crippen LogP contribution in [-0.2, 0) is 0 Å². The van der Waals surface area contributed by atoms with Crippen LogP contribution in [0.25, 0.3) is 0 Å². The quantitative estimate of drug-likeness (QED) is 0.537. The molecule has 0 unspecified atom stereocenters. The predicted molar refractivity (Wildman–Crippen MR) is 70.7 cm³/mol. The van der Waals surface area contributed by atoms with Crippen molar-refractivity contribution in [3.8, 4) is 0 Å². The van der Waals surface area contributed by atoms with Crippen molar-refractivity contribution < 1.29 is 20.3 Å². The Morgan fingerprint density at radius 3 is 1.65 bits per heavy atom. The molecule has 0 atom stereocenters. The maximum absolute atomic E-state index is 3.85. The van der Waals surface area contributed by atoms with Crippen LogP contribution in [0.5, 0.6) is 0 Å². The molecular formula is C16H17Li. The fourth-order valence-corrected chi connectivity index (χ4v) is 2.00. The van der Waals surface area contributed by atoms with Crippen molar-refractivity contribution in [1.29, 1.82) is 0 Å². The molecule has 0 saturated heterocycles. The molecule has 17 heavy (non-hydrogen) atoms. The molecule has 0 aliphatic carbocycles. The van der Waals surface area contributed by atoms with Gasteiger partial charge in [0.2, 0.25) is 0 Å². The van der Waals surface area contributed by atoms with E-state index < -0.39 is 0 Å². The molecule has 0 spiro atoms. The van der Waals surface area contributed by atoms with Gasteiger partial charge in [-0.05, 0) is 17.5 Å². The number of hydrogen-bond acceptors (Lipinski definition) is 0. The summed E-state index contributed by atoms with van der Waals surface area (Å²) in [6.45, 7) is 3.85. The summed E-state index contributed by atoms with van der Waals surface area (Å²) in [6, 6.07) is 21.2. The van der Waals surface area contributed by atoms with E-state index in [0.717, 1.165) is 6.42 Å². The van der Waals surface area contributed by atoms with Gasteiger partial charge in [-0.1, -0.05) is 66.7 Å². The van der Waals surface area contributed by atoms with E-state index in [9.17, 15) is 0 Å². The Labute approximate surface area is 117 Å². The first-order valence-electron chi connectivity index (χ1n) is 5.62. The maximum atomic E-state index is 3.85. The van der Waals surface area contributed by atoms with Crippen molar-refractivity contribution in [3.63, 3.8) is 0 Å². The van der Waals surface area contributed by atoms with Gasteiger partial charge in [0.15, 0.2) is 0 Å². The molecule has 2 aromatic rings. The summed E-state index contributed by atoms with van der Waals surface area (Å²) in [5.74, 6) is 0.430. The van der Waals surface area contributed by atoms with Crippen molar-refractivity contribution in [2.24, 2.45) is 0 Å². The summed E-state index contributed by atoms with van der Waals surface area (Å²) in [5.41, 5.74) is 2.71. The van der Waals surface area contributed by atoms with E-state index in [2.05, 4.69) is 67.2 Å². The van der Waals surface area contributed by atoms with Crippen LogP contribution >= 0.6 is 0 Å². The van der Waals surface area contributed by atoms with Crippen molar-refractivity contribution >= 4 is 0 Å². The molecule has 0 saturated carbocycles. The second-order valence-electron chi connectivity index (χ2n) is 3.90. The van der Waals surface area contributed by atoms with Crippen LogP contribution in [0.4, 0.5) is 0 Å². The van der Waals surface area contributed by atoms with Crippen LogP contribution in [0.3, 0.4) is 0 Å². The van der Waals surface area contributed by atoms with E-state index in [1.54, 1.807) is 0 Å². The third-order valence-electron chi connectivity index (χ3n) is 2.81. The zero-order valence-electron chi connectivity index (χ0n) is 11.3. The van der Waals surface area contributed by atoms with E-state index >= 15 is 0 Å². The van der Waals surface area contributed by atoms with Gasteiger partial charge in [-0.3, -0.25) is 0 Å². The van der Waals surface area contributed by atoms with E-state index in [4.69, 9.17) is 0 Å². The van der Waals surface area contributed by atoms with Crippen LogP contribution < -0.4 is 18.9 Å². The first kappa shape index (κ1) is 13.8. The van der Waals surface area contributed by atoms with Gasteiger partial charge in [0.05, 0.1) is 0 Å². The monoisotopic (exact) mass is 216 g/mol. The van der Waals surface area contributed by atoms with E-state index in [0.29, 0.717) is 5.92 Å². The fraction of sp³-hybridized carbons (Fsp3) is 0.125. The number of allylic oxidation sites excluding steroid dienone is 1. The van der Waals surface area contributed by atoms with Gasteiger partial charge in [-0.25, -0.2) is 0 Å². The summed E-state index contributed by atoms with van der Waals surface area (Å²) in [4.78, 5) is 0. The minimum atomic E-state index is 0. The second kappa shape index (κ2) is 7.17. The molecule has 1 heteroatoms. The molecule has 0 nitrogen and oxygen atoms in total. The average Bonchev–Trinajstić information content (AvgIpc) is 2.38. The minimum Gasteiger partial charge on any atom is -1.00 e. The van der Waals surface area contributed by atoms with Gasteiger partial charge < -0.3 is 1.43 Å². The SMILES string of the molecule is C=CCC(c1ccccc1)c1ccccc1.[H-].[Li+]. The molecule has 0 heterocycles. The van der Waals surface area contributed by atoms with Crippen LogP contribution in [0.15, 0.2) is 73.3 Å². The van der Waals surface area contributed by atoms with Gasteiger partial charge >= 0.3 is 18.9 Å². The number of benzene rings is 2. The van der Waals surface area contributed by atoms with Crippen molar-refractivity contribution in [2.45, 2.75) is 12.3 Å². The van der Waals surface area contributed by atoms with Gasteiger partial charge in [0.1, 0.15) is 0 Å². The largest absolute Gasteiger partial charge is 1.00 e. The average molecular weight is 216 g/mol. The molecule has 2 rings (SSSR count). The van der Waals surface area contributed by atoms with E-state index in [1.807, 2.05) is 6.08 Å². The molecule has 2 aromatic carbocycles. The first-order chi connectivity index (χ1) is 7.92. The molecule has 0 fully saturated rings. The third kappa shape index (κ3) is 3.63. The Morgan fingerprint density at radius 1 is 0.882 bits per heavy atom. The summed E-state index contributed by atoms with van der Waals surface area (Å²) < 4.78 is 0. The summed E-state index contributed by atoms with van der Waals surface area (Å²) >= 11 is 0. The Balaban J connectivity index is 0.00000144. The summed E-state index contributed by atoms with van der Waals surface area (Å²) in [7, 11) is 0. The topological polar surface area (TPSA) is 0 Å². The van der Waals surface area contributed by atoms with E-state index in [-0.39, 0.29) is 20.3 Å². The van der Waals surface area contributed by atoms with Gasteiger partial charge in [-0.2, -0.15) is 0 Å². The van der Waals surface area contributed by atoms with Crippen LogP contribution in [0.2, 0.25) is 0 Å². The first-order valence-corrected chi connectivity index (χ1v) is 5.62. The molecule has 82 valence electrons. The Bertz CT molecular complexity index is 400.